The minimum atomic E-state index is -0.136. The lowest BCUT2D eigenvalue weighted by molar-refractivity contribution is 0.0982. The van der Waals surface area contributed by atoms with E-state index in [1.165, 1.54) is 7.11 Å². The highest BCUT2D eigenvalue weighted by molar-refractivity contribution is 6.00. The molecule has 0 saturated carbocycles. The predicted octanol–water partition coefficient (Wildman–Crippen LogP) is 1.55. The van der Waals surface area contributed by atoms with E-state index in [9.17, 15) is 9.90 Å². The van der Waals surface area contributed by atoms with Gasteiger partial charge in [0.2, 0.25) is 0 Å². The van der Waals surface area contributed by atoms with Gasteiger partial charge in [-0.15, -0.1) is 0 Å². The van der Waals surface area contributed by atoms with Crippen LogP contribution in [0.25, 0.3) is 0 Å². The van der Waals surface area contributed by atoms with Crippen LogP contribution in [0.15, 0.2) is 6.07 Å². The molecule has 1 aromatic rings. The second-order valence-electron chi connectivity index (χ2n) is 3.71. The molecule has 0 atom stereocenters. The Morgan fingerprint density at radius 3 is 2.62 bits per heavy atom. The lowest BCUT2D eigenvalue weighted by atomic mass is 9.98. The third-order valence-corrected chi connectivity index (χ3v) is 2.57. The predicted molar refractivity (Wildman–Crippen MR) is 62.1 cm³/mol. The summed E-state index contributed by atoms with van der Waals surface area (Å²) >= 11 is 0. The third-order valence-electron chi connectivity index (χ3n) is 2.57. The second-order valence-corrected chi connectivity index (χ2v) is 3.71. The molecule has 4 heteroatoms. The monoisotopic (exact) mass is 223 g/mol. The molecule has 0 aliphatic rings. The highest BCUT2D eigenvalue weighted by atomic mass is 16.5. The lowest BCUT2D eigenvalue weighted by Gasteiger charge is -2.13. The molecule has 0 aliphatic heterocycles. The number of hydrogen-bond donors (Lipinski definition) is 2. The first-order chi connectivity index (χ1) is 7.52. The first-order valence-electron chi connectivity index (χ1n) is 5.13. The Bertz CT molecular complexity index is 413. The molecule has 0 aromatic heterocycles. The van der Waals surface area contributed by atoms with E-state index in [1.807, 2.05) is 0 Å². The molecule has 0 amide bonds. The standard InChI is InChI=1S/C12H17NO3/c1-7-6-10(16-3)8(2)12(15)11(7)9(14)4-5-13/h6,15H,4-5,13H2,1-3H3. The van der Waals surface area contributed by atoms with E-state index in [2.05, 4.69) is 0 Å². The second kappa shape index (κ2) is 4.99. The van der Waals surface area contributed by atoms with Crippen LogP contribution in [0.1, 0.15) is 27.9 Å². The Hall–Kier alpha value is -1.55. The highest BCUT2D eigenvalue weighted by Gasteiger charge is 2.18. The van der Waals surface area contributed by atoms with Gasteiger partial charge in [-0.25, -0.2) is 0 Å². The smallest absolute Gasteiger partial charge is 0.168 e. The van der Waals surface area contributed by atoms with Crippen molar-refractivity contribution in [2.24, 2.45) is 5.73 Å². The first-order valence-corrected chi connectivity index (χ1v) is 5.13. The van der Waals surface area contributed by atoms with E-state index >= 15 is 0 Å². The Morgan fingerprint density at radius 1 is 1.50 bits per heavy atom. The number of aromatic hydroxyl groups is 1. The lowest BCUT2D eigenvalue weighted by Crippen LogP contribution is -2.10. The summed E-state index contributed by atoms with van der Waals surface area (Å²) in [6, 6.07) is 1.75. The molecular weight excluding hydrogens is 206 g/mol. The SMILES string of the molecule is COc1cc(C)c(C(=O)CCN)c(O)c1C. The van der Waals surface area contributed by atoms with Crippen molar-refractivity contribution < 1.29 is 14.6 Å². The third kappa shape index (κ3) is 2.17. The van der Waals surface area contributed by atoms with E-state index < -0.39 is 0 Å². The van der Waals surface area contributed by atoms with E-state index in [4.69, 9.17) is 10.5 Å². The van der Waals surface area contributed by atoms with Crippen LogP contribution in [0.2, 0.25) is 0 Å². The fourth-order valence-electron chi connectivity index (χ4n) is 1.69. The normalized spacial score (nSPS) is 10.2. The number of rotatable bonds is 4. The van der Waals surface area contributed by atoms with Gasteiger partial charge in [0.1, 0.15) is 11.5 Å². The summed E-state index contributed by atoms with van der Waals surface area (Å²) in [6.45, 7) is 3.76. The Balaban J connectivity index is 3.30. The van der Waals surface area contributed by atoms with Crippen LogP contribution in [-0.2, 0) is 0 Å². The van der Waals surface area contributed by atoms with Gasteiger partial charge in [0.15, 0.2) is 5.78 Å². The van der Waals surface area contributed by atoms with Crippen molar-refractivity contribution in [3.05, 3.63) is 22.8 Å². The fourth-order valence-corrected chi connectivity index (χ4v) is 1.69. The summed E-state index contributed by atoms with van der Waals surface area (Å²) in [4.78, 5) is 11.8. The van der Waals surface area contributed by atoms with Gasteiger partial charge < -0.3 is 15.6 Å². The van der Waals surface area contributed by atoms with Crippen LogP contribution in [0.4, 0.5) is 0 Å². The van der Waals surface area contributed by atoms with E-state index in [0.29, 0.717) is 22.4 Å². The van der Waals surface area contributed by atoms with Gasteiger partial charge in [-0.1, -0.05) is 0 Å². The van der Waals surface area contributed by atoms with Crippen LogP contribution < -0.4 is 10.5 Å². The fraction of sp³-hybridized carbons (Fsp3) is 0.417. The molecule has 0 radical (unpaired) electrons. The first kappa shape index (κ1) is 12.5. The zero-order chi connectivity index (χ0) is 12.3. The van der Waals surface area contributed by atoms with Gasteiger partial charge in [-0.2, -0.15) is 0 Å². The topological polar surface area (TPSA) is 72.5 Å². The molecule has 1 rings (SSSR count). The summed E-state index contributed by atoms with van der Waals surface area (Å²) in [7, 11) is 1.53. The molecule has 16 heavy (non-hydrogen) atoms. The number of ether oxygens (including phenoxy) is 1. The number of ketones is 1. The molecule has 0 aliphatic carbocycles. The quantitative estimate of drug-likeness (QED) is 0.759. The summed E-state index contributed by atoms with van der Waals surface area (Å²) in [5.74, 6) is 0.442. The summed E-state index contributed by atoms with van der Waals surface area (Å²) in [6.07, 6.45) is 0.236. The molecule has 0 heterocycles. The average Bonchev–Trinajstić information content (AvgIpc) is 2.24. The number of hydrogen-bond acceptors (Lipinski definition) is 4. The van der Waals surface area contributed by atoms with Crippen LogP contribution in [-0.4, -0.2) is 24.5 Å². The molecule has 0 bridgehead atoms. The molecule has 4 nitrogen and oxygen atoms in total. The zero-order valence-corrected chi connectivity index (χ0v) is 9.83. The minimum Gasteiger partial charge on any atom is -0.507 e. The van der Waals surface area contributed by atoms with E-state index in [0.717, 1.165) is 0 Å². The number of carbonyl (C=O) groups excluding carboxylic acids is 1. The van der Waals surface area contributed by atoms with Crippen molar-refractivity contribution in [1.29, 1.82) is 0 Å². The van der Waals surface area contributed by atoms with Gasteiger partial charge in [-0.3, -0.25) is 4.79 Å². The number of aryl methyl sites for hydroxylation is 1. The number of phenolic OH excluding ortho intramolecular Hbond substituents is 1. The zero-order valence-electron chi connectivity index (χ0n) is 9.83. The van der Waals surface area contributed by atoms with Gasteiger partial charge in [0, 0.05) is 12.0 Å². The van der Waals surface area contributed by atoms with Crippen molar-refractivity contribution in [2.45, 2.75) is 20.3 Å². The number of Topliss-reactive ketones (excluding diaryl/α,β-unsaturated/α-hetero) is 1. The molecule has 1 aromatic carbocycles. The largest absolute Gasteiger partial charge is 0.507 e. The van der Waals surface area contributed by atoms with Crippen molar-refractivity contribution in [3.8, 4) is 11.5 Å². The Labute approximate surface area is 95.0 Å². The van der Waals surface area contributed by atoms with Crippen LogP contribution >= 0.6 is 0 Å². The number of phenols is 1. The molecule has 0 spiro atoms. The van der Waals surface area contributed by atoms with Gasteiger partial charge >= 0.3 is 0 Å². The number of methoxy groups -OCH3 is 1. The number of benzene rings is 1. The Morgan fingerprint density at radius 2 is 2.12 bits per heavy atom. The van der Waals surface area contributed by atoms with Crippen molar-refractivity contribution in [2.75, 3.05) is 13.7 Å². The summed E-state index contributed by atoms with van der Waals surface area (Å²) < 4.78 is 5.11. The van der Waals surface area contributed by atoms with Crippen LogP contribution in [0.3, 0.4) is 0 Å². The van der Waals surface area contributed by atoms with Crippen molar-refractivity contribution in [3.63, 3.8) is 0 Å². The van der Waals surface area contributed by atoms with Gasteiger partial charge in [0.25, 0.3) is 0 Å². The Kier molecular flexibility index (Phi) is 3.90. The molecule has 0 saturated heterocycles. The average molecular weight is 223 g/mol. The number of carbonyl (C=O) groups is 1. The molecule has 88 valence electrons. The molecule has 3 N–H and O–H groups in total. The van der Waals surface area contributed by atoms with Gasteiger partial charge in [-0.05, 0) is 32.0 Å². The van der Waals surface area contributed by atoms with Crippen LogP contribution in [0.5, 0.6) is 11.5 Å². The van der Waals surface area contributed by atoms with E-state index in [1.54, 1.807) is 19.9 Å². The van der Waals surface area contributed by atoms with Crippen molar-refractivity contribution in [1.82, 2.24) is 0 Å². The molecular formula is C12H17NO3. The minimum absolute atomic E-state index is 0.00435. The summed E-state index contributed by atoms with van der Waals surface area (Å²) in [5.41, 5.74) is 6.97. The van der Waals surface area contributed by atoms with Gasteiger partial charge in [0.05, 0.1) is 12.7 Å². The van der Waals surface area contributed by atoms with E-state index in [-0.39, 0.29) is 24.5 Å². The highest BCUT2D eigenvalue weighted by Crippen LogP contribution is 2.33. The molecule has 0 unspecified atom stereocenters. The maximum atomic E-state index is 11.8. The summed E-state index contributed by atoms with van der Waals surface area (Å²) in [5, 5.41) is 9.95. The maximum absolute atomic E-state index is 11.8. The maximum Gasteiger partial charge on any atom is 0.168 e. The molecule has 0 fully saturated rings. The number of nitrogens with two attached hydrogens (primary N) is 1. The van der Waals surface area contributed by atoms with Crippen LogP contribution in [0, 0.1) is 13.8 Å². The van der Waals surface area contributed by atoms with Crippen molar-refractivity contribution >= 4 is 5.78 Å².